The summed E-state index contributed by atoms with van der Waals surface area (Å²) in [6.07, 6.45) is 5.31. The van der Waals surface area contributed by atoms with Gasteiger partial charge in [0.05, 0.1) is 6.04 Å². The summed E-state index contributed by atoms with van der Waals surface area (Å²) in [5, 5.41) is 6.13. The van der Waals surface area contributed by atoms with E-state index in [1.54, 1.807) is 0 Å². The van der Waals surface area contributed by atoms with Gasteiger partial charge in [0.1, 0.15) is 0 Å². The fourth-order valence-electron chi connectivity index (χ4n) is 3.57. The van der Waals surface area contributed by atoms with Gasteiger partial charge < -0.3 is 10.6 Å². The Hall–Kier alpha value is -2.81. The van der Waals surface area contributed by atoms with Crippen LogP contribution in [0.5, 0.6) is 0 Å². The number of hydrogen-bond donors (Lipinski definition) is 2. The SMILES string of the molecule is O=C1NC2=C(CCC/C2=C\c2ccccc2)[C@@H](c2ccccc2)N1. The molecule has 0 unspecified atom stereocenters. The summed E-state index contributed by atoms with van der Waals surface area (Å²) in [6, 6.07) is 20.3. The third kappa shape index (κ3) is 2.85. The Kier molecular flexibility index (Phi) is 3.91. The average molecular weight is 316 g/mol. The molecule has 1 atom stereocenters. The lowest BCUT2D eigenvalue weighted by molar-refractivity contribution is 0.238. The Labute approximate surface area is 142 Å². The van der Waals surface area contributed by atoms with Crippen molar-refractivity contribution >= 4 is 12.1 Å². The number of allylic oxidation sites excluding steroid dienone is 1. The van der Waals surface area contributed by atoms with Gasteiger partial charge in [0.15, 0.2) is 0 Å². The van der Waals surface area contributed by atoms with Gasteiger partial charge in [0.25, 0.3) is 0 Å². The first-order valence-corrected chi connectivity index (χ1v) is 8.43. The first-order chi connectivity index (χ1) is 11.8. The molecule has 3 heteroatoms. The summed E-state index contributed by atoms with van der Waals surface area (Å²) in [6.45, 7) is 0. The number of amides is 2. The van der Waals surface area contributed by atoms with Crippen LogP contribution in [-0.2, 0) is 0 Å². The maximum Gasteiger partial charge on any atom is 0.319 e. The minimum absolute atomic E-state index is 0.0329. The third-order valence-electron chi connectivity index (χ3n) is 4.67. The number of nitrogens with one attached hydrogen (secondary N) is 2. The molecular formula is C21H20N2O. The molecular weight excluding hydrogens is 296 g/mol. The van der Waals surface area contributed by atoms with Crippen molar-refractivity contribution in [3.8, 4) is 0 Å². The van der Waals surface area contributed by atoms with Crippen molar-refractivity contribution in [1.82, 2.24) is 10.6 Å². The maximum atomic E-state index is 12.2. The summed E-state index contributed by atoms with van der Waals surface area (Å²) in [5.41, 5.74) is 5.83. The molecule has 0 saturated heterocycles. The van der Waals surface area contributed by atoms with Gasteiger partial charge in [-0.15, -0.1) is 0 Å². The van der Waals surface area contributed by atoms with Crippen LogP contribution in [0.4, 0.5) is 4.79 Å². The first kappa shape index (κ1) is 14.8. The van der Waals surface area contributed by atoms with E-state index in [9.17, 15) is 4.79 Å². The topological polar surface area (TPSA) is 41.1 Å². The molecule has 1 heterocycles. The summed E-state index contributed by atoms with van der Waals surface area (Å²) in [7, 11) is 0. The monoisotopic (exact) mass is 316 g/mol. The van der Waals surface area contributed by atoms with Gasteiger partial charge in [0.2, 0.25) is 0 Å². The van der Waals surface area contributed by atoms with E-state index >= 15 is 0 Å². The Morgan fingerprint density at radius 2 is 1.62 bits per heavy atom. The zero-order valence-corrected chi connectivity index (χ0v) is 13.5. The zero-order valence-electron chi connectivity index (χ0n) is 13.5. The molecule has 2 aromatic rings. The smallest absolute Gasteiger partial charge is 0.319 e. The number of hydrogen-bond acceptors (Lipinski definition) is 1. The quantitative estimate of drug-likeness (QED) is 0.837. The Balaban J connectivity index is 1.77. The van der Waals surface area contributed by atoms with Gasteiger partial charge in [0, 0.05) is 5.70 Å². The molecule has 0 bridgehead atoms. The van der Waals surface area contributed by atoms with E-state index in [0.717, 1.165) is 30.5 Å². The van der Waals surface area contributed by atoms with Crippen LogP contribution < -0.4 is 10.6 Å². The largest absolute Gasteiger partial charge is 0.327 e. The van der Waals surface area contributed by atoms with Gasteiger partial charge in [-0.3, -0.25) is 0 Å². The number of carbonyl (C=O) groups is 1. The van der Waals surface area contributed by atoms with Crippen LogP contribution in [0.15, 0.2) is 77.5 Å². The molecule has 2 aliphatic rings. The van der Waals surface area contributed by atoms with Gasteiger partial charge >= 0.3 is 6.03 Å². The predicted molar refractivity (Wildman–Crippen MR) is 96.1 cm³/mol. The molecule has 120 valence electrons. The molecule has 3 nitrogen and oxygen atoms in total. The van der Waals surface area contributed by atoms with Crippen LogP contribution >= 0.6 is 0 Å². The molecule has 2 N–H and O–H groups in total. The van der Waals surface area contributed by atoms with E-state index in [1.807, 2.05) is 36.4 Å². The van der Waals surface area contributed by atoms with Gasteiger partial charge in [-0.25, -0.2) is 4.79 Å². The lowest BCUT2D eigenvalue weighted by Gasteiger charge is -2.34. The highest BCUT2D eigenvalue weighted by atomic mass is 16.2. The summed E-state index contributed by atoms with van der Waals surface area (Å²) >= 11 is 0. The highest BCUT2D eigenvalue weighted by molar-refractivity contribution is 5.81. The predicted octanol–water partition coefficient (Wildman–Crippen LogP) is 4.56. The van der Waals surface area contributed by atoms with E-state index < -0.39 is 0 Å². The molecule has 2 aromatic carbocycles. The molecule has 0 saturated carbocycles. The molecule has 0 radical (unpaired) electrons. The number of carbonyl (C=O) groups excluding carboxylic acids is 1. The van der Waals surface area contributed by atoms with Crippen LogP contribution in [0.25, 0.3) is 6.08 Å². The fourth-order valence-corrected chi connectivity index (χ4v) is 3.57. The van der Waals surface area contributed by atoms with Crippen molar-refractivity contribution < 1.29 is 4.79 Å². The zero-order chi connectivity index (χ0) is 16.4. The Morgan fingerprint density at radius 1 is 0.917 bits per heavy atom. The Morgan fingerprint density at radius 3 is 2.38 bits per heavy atom. The average Bonchev–Trinajstić information content (AvgIpc) is 2.63. The molecule has 1 aliphatic heterocycles. The van der Waals surface area contributed by atoms with E-state index in [-0.39, 0.29) is 12.1 Å². The van der Waals surface area contributed by atoms with Gasteiger partial charge in [-0.2, -0.15) is 0 Å². The number of benzene rings is 2. The number of rotatable bonds is 2. The van der Waals surface area contributed by atoms with Crippen molar-refractivity contribution in [3.63, 3.8) is 0 Å². The van der Waals surface area contributed by atoms with E-state index in [0.29, 0.717) is 0 Å². The van der Waals surface area contributed by atoms with Crippen molar-refractivity contribution in [2.45, 2.75) is 25.3 Å². The van der Waals surface area contributed by atoms with Crippen LogP contribution in [0, 0.1) is 0 Å². The third-order valence-corrected chi connectivity index (χ3v) is 4.67. The van der Waals surface area contributed by atoms with E-state index in [4.69, 9.17) is 0 Å². The van der Waals surface area contributed by atoms with Crippen molar-refractivity contribution in [1.29, 1.82) is 0 Å². The molecule has 0 spiro atoms. The van der Waals surface area contributed by atoms with Crippen molar-refractivity contribution in [3.05, 3.63) is 88.6 Å². The van der Waals surface area contributed by atoms with Gasteiger partial charge in [-0.1, -0.05) is 60.7 Å². The minimum atomic E-state index is -0.122. The normalized spacial score (nSPS) is 21.9. The molecule has 2 amide bonds. The van der Waals surface area contributed by atoms with Crippen LogP contribution in [-0.4, -0.2) is 6.03 Å². The molecule has 1 aliphatic carbocycles. The highest BCUT2D eigenvalue weighted by Crippen LogP contribution is 2.38. The second-order valence-corrected chi connectivity index (χ2v) is 6.28. The van der Waals surface area contributed by atoms with Crippen molar-refractivity contribution in [2.75, 3.05) is 0 Å². The minimum Gasteiger partial charge on any atom is -0.327 e. The summed E-state index contributed by atoms with van der Waals surface area (Å²) < 4.78 is 0. The molecule has 0 aromatic heterocycles. The number of urea groups is 1. The van der Waals surface area contributed by atoms with Crippen LogP contribution in [0.3, 0.4) is 0 Å². The van der Waals surface area contributed by atoms with E-state index in [1.165, 1.54) is 16.7 Å². The summed E-state index contributed by atoms with van der Waals surface area (Å²) in [5.74, 6) is 0. The Bertz CT molecular complexity index is 806. The first-order valence-electron chi connectivity index (χ1n) is 8.43. The molecule has 0 fully saturated rings. The highest BCUT2D eigenvalue weighted by Gasteiger charge is 2.31. The van der Waals surface area contributed by atoms with E-state index in [2.05, 4.69) is 41.0 Å². The lowest BCUT2D eigenvalue weighted by atomic mass is 9.83. The second-order valence-electron chi connectivity index (χ2n) is 6.28. The fraction of sp³-hybridized carbons (Fsp3) is 0.190. The van der Waals surface area contributed by atoms with Crippen LogP contribution in [0.1, 0.15) is 36.4 Å². The van der Waals surface area contributed by atoms with Crippen molar-refractivity contribution in [2.24, 2.45) is 0 Å². The van der Waals surface area contributed by atoms with Crippen LogP contribution in [0.2, 0.25) is 0 Å². The lowest BCUT2D eigenvalue weighted by Crippen LogP contribution is -2.45. The molecule has 24 heavy (non-hydrogen) atoms. The molecule has 4 rings (SSSR count). The summed E-state index contributed by atoms with van der Waals surface area (Å²) in [4.78, 5) is 12.2. The second kappa shape index (κ2) is 6.36. The maximum absolute atomic E-state index is 12.2. The van der Waals surface area contributed by atoms with Gasteiger partial charge in [-0.05, 0) is 47.6 Å². The standard InChI is InChI=1S/C21H20N2O/c24-21-22-19(16-10-5-2-6-11-16)18-13-7-12-17(20(18)23-21)14-15-8-3-1-4-9-15/h1-6,8-11,14,19H,7,12-13H2,(H2,22,23,24)/b17-14+/t19-/m1/s1.